The number of ether oxygens (including phenoxy) is 2. The molecule has 196 valence electrons. The summed E-state index contributed by atoms with van der Waals surface area (Å²) >= 11 is 0. The van der Waals surface area contributed by atoms with Gasteiger partial charge in [-0.25, -0.2) is 13.8 Å². The van der Waals surface area contributed by atoms with E-state index in [1.54, 1.807) is 4.90 Å². The minimum Gasteiger partial charge on any atom is -0.495 e. The molecule has 4 N–H and O–H groups in total. The summed E-state index contributed by atoms with van der Waals surface area (Å²) in [5, 5.41) is 11.1. The van der Waals surface area contributed by atoms with Crippen LogP contribution in [-0.4, -0.2) is 58.7 Å². The molecule has 1 aliphatic heterocycles. The molecule has 10 nitrogen and oxygen atoms in total. The molecule has 0 bridgehead atoms. The van der Waals surface area contributed by atoms with Crippen molar-refractivity contribution in [1.29, 1.82) is 5.41 Å². The van der Waals surface area contributed by atoms with Crippen LogP contribution in [0.15, 0.2) is 30.6 Å². The zero-order chi connectivity index (χ0) is 26.7. The summed E-state index contributed by atoms with van der Waals surface area (Å²) in [5.74, 6) is -1.88. The third-order valence-electron chi connectivity index (χ3n) is 6.77. The van der Waals surface area contributed by atoms with E-state index >= 15 is 0 Å². The maximum absolute atomic E-state index is 14.2. The SMILES string of the molecule is COc1cc(/C(N)=C/C(=N)C(=O)N2CCC(C(=O)NCc3ncc(F)cc3OC)CC23CC3)c(F)cn1. The van der Waals surface area contributed by atoms with Crippen LogP contribution in [0.1, 0.15) is 36.9 Å². The number of aromatic nitrogens is 2. The first-order chi connectivity index (χ1) is 17.7. The lowest BCUT2D eigenvalue weighted by atomic mass is 9.87. The summed E-state index contributed by atoms with van der Waals surface area (Å²) in [7, 11) is 2.78. The van der Waals surface area contributed by atoms with Gasteiger partial charge in [-0.05, 0) is 31.8 Å². The third-order valence-corrected chi connectivity index (χ3v) is 6.77. The van der Waals surface area contributed by atoms with Gasteiger partial charge >= 0.3 is 0 Å². The number of nitrogens with two attached hydrogens (primary N) is 1. The number of piperidine rings is 1. The molecule has 1 saturated heterocycles. The molecule has 1 spiro atoms. The van der Waals surface area contributed by atoms with Gasteiger partial charge < -0.3 is 25.4 Å². The highest BCUT2D eigenvalue weighted by Gasteiger charge is 2.54. The van der Waals surface area contributed by atoms with Crippen molar-refractivity contribution in [2.45, 2.75) is 37.8 Å². The maximum atomic E-state index is 14.2. The van der Waals surface area contributed by atoms with Gasteiger partial charge in [0.2, 0.25) is 11.8 Å². The summed E-state index contributed by atoms with van der Waals surface area (Å²) in [6, 6.07) is 2.50. The van der Waals surface area contributed by atoms with E-state index in [4.69, 9.17) is 20.6 Å². The molecule has 37 heavy (non-hydrogen) atoms. The Balaban J connectivity index is 1.39. The van der Waals surface area contributed by atoms with Crippen molar-refractivity contribution < 1.29 is 27.8 Å². The number of nitrogens with zero attached hydrogens (tertiary/aromatic N) is 3. The van der Waals surface area contributed by atoms with Crippen LogP contribution in [0.2, 0.25) is 0 Å². The van der Waals surface area contributed by atoms with Crippen molar-refractivity contribution in [3.8, 4) is 11.6 Å². The second-order valence-electron chi connectivity index (χ2n) is 9.11. The molecule has 0 aromatic carbocycles. The Hall–Kier alpha value is -4.09. The minimum absolute atomic E-state index is 0.0202. The number of nitrogens with one attached hydrogen (secondary N) is 2. The number of pyridine rings is 2. The fourth-order valence-corrected chi connectivity index (χ4v) is 4.62. The summed E-state index contributed by atoms with van der Waals surface area (Å²) in [5.41, 5.74) is 5.40. The monoisotopic (exact) mass is 514 g/mol. The van der Waals surface area contributed by atoms with Crippen molar-refractivity contribution in [3.63, 3.8) is 0 Å². The Morgan fingerprint density at radius 3 is 2.68 bits per heavy atom. The molecular formula is C25H28F2N6O4. The van der Waals surface area contributed by atoms with Crippen LogP contribution in [0.5, 0.6) is 11.6 Å². The molecule has 4 rings (SSSR count). The zero-order valence-electron chi connectivity index (χ0n) is 20.5. The van der Waals surface area contributed by atoms with Crippen molar-refractivity contribution in [1.82, 2.24) is 20.2 Å². The summed E-state index contributed by atoms with van der Waals surface area (Å²) in [6.07, 6.45) is 5.45. The second-order valence-corrected chi connectivity index (χ2v) is 9.11. The molecule has 1 saturated carbocycles. The van der Waals surface area contributed by atoms with E-state index in [2.05, 4.69) is 15.3 Å². The number of carbonyl (C=O) groups is 2. The van der Waals surface area contributed by atoms with Gasteiger partial charge in [0.1, 0.15) is 23.0 Å². The number of halogens is 2. The number of amides is 2. The Morgan fingerprint density at radius 2 is 2.00 bits per heavy atom. The average Bonchev–Trinajstić information content (AvgIpc) is 3.66. The number of carbonyl (C=O) groups excluding carboxylic acids is 2. The molecule has 3 heterocycles. The lowest BCUT2D eigenvalue weighted by Gasteiger charge is -2.39. The highest BCUT2D eigenvalue weighted by Crippen LogP contribution is 2.50. The first kappa shape index (κ1) is 26.0. The highest BCUT2D eigenvalue weighted by atomic mass is 19.1. The Bertz CT molecular complexity index is 1260. The van der Waals surface area contributed by atoms with Gasteiger partial charge in [0.05, 0.1) is 33.2 Å². The van der Waals surface area contributed by atoms with Crippen molar-refractivity contribution in [2.24, 2.45) is 11.7 Å². The number of rotatable bonds is 8. The van der Waals surface area contributed by atoms with E-state index in [0.717, 1.165) is 31.3 Å². The van der Waals surface area contributed by atoms with Gasteiger partial charge in [0.25, 0.3) is 5.91 Å². The van der Waals surface area contributed by atoms with Gasteiger partial charge in [0.15, 0.2) is 5.82 Å². The van der Waals surface area contributed by atoms with Gasteiger partial charge in [-0.1, -0.05) is 0 Å². The lowest BCUT2D eigenvalue weighted by molar-refractivity contribution is -0.135. The van der Waals surface area contributed by atoms with Crippen molar-refractivity contribution in [3.05, 3.63) is 53.5 Å². The predicted octanol–water partition coefficient (Wildman–Crippen LogP) is 2.18. The van der Waals surface area contributed by atoms with Crippen molar-refractivity contribution >= 4 is 23.2 Å². The summed E-state index contributed by atoms with van der Waals surface area (Å²) in [6.45, 7) is 0.377. The molecule has 2 aromatic heterocycles. The van der Waals surface area contributed by atoms with Crippen LogP contribution >= 0.6 is 0 Å². The number of hydrogen-bond acceptors (Lipinski definition) is 8. The summed E-state index contributed by atoms with van der Waals surface area (Å²) < 4.78 is 37.6. The Labute approximate surface area is 212 Å². The van der Waals surface area contributed by atoms with Gasteiger partial charge in [-0.3, -0.25) is 20.0 Å². The standard InChI is InChI=1S/C25H28F2N6O4/c1-36-21-7-15(26)11-30-20(21)13-32-23(34)14-3-6-33(25(10-14)4-5-25)24(35)19(29)9-18(28)16-8-22(37-2)31-12-17(16)27/h7-9,11-12,14,29H,3-6,10,13,28H2,1-2H3,(H,32,34)/b18-9-,29-19?. The fourth-order valence-electron chi connectivity index (χ4n) is 4.62. The molecule has 1 atom stereocenters. The molecule has 0 radical (unpaired) electrons. The number of methoxy groups -OCH3 is 2. The van der Waals surface area contributed by atoms with E-state index in [1.807, 2.05) is 0 Å². The highest BCUT2D eigenvalue weighted by molar-refractivity contribution is 6.43. The molecule has 2 aliphatic rings. The predicted molar refractivity (Wildman–Crippen MR) is 130 cm³/mol. The lowest BCUT2D eigenvalue weighted by Crippen LogP contribution is -2.52. The molecule has 2 amide bonds. The largest absolute Gasteiger partial charge is 0.495 e. The van der Waals surface area contributed by atoms with Crippen LogP contribution in [0, 0.1) is 23.0 Å². The van der Waals surface area contributed by atoms with Gasteiger partial charge in [-0.2, -0.15) is 0 Å². The fraction of sp³-hybridized carbons (Fsp3) is 0.400. The first-order valence-corrected chi connectivity index (χ1v) is 11.7. The van der Waals surface area contributed by atoms with Crippen LogP contribution in [-0.2, 0) is 16.1 Å². The van der Waals surface area contributed by atoms with E-state index in [0.29, 0.717) is 25.1 Å². The van der Waals surface area contributed by atoms with Gasteiger partial charge in [0, 0.05) is 41.4 Å². The molecule has 1 unspecified atom stereocenters. The molecule has 1 aliphatic carbocycles. The maximum Gasteiger partial charge on any atom is 0.272 e. The summed E-state index contributed by atoms with van der Waals surface area (Å²) in [4.78, 5) is 35.4. The minimum atomic E-state index is -0.700. The quantitative estimate of drug-likeness (QED) is 0.458. The Kier molecular flexibility index (Phi) is 7.37. The van der Waals surface area contributed by atoms with E-state index in [-0.39, 0.29) is 47.0 Å². The van der Waals surface area contributed by atoms with Crippen LogP contribution in [0.4, 0.5) is 8.78 Å². The van der Waals surface area contributed by atoms with E-state index < -0.39 is 23.1 Å². The molecule has 2 aromatic rings. The zero-order valence-corrected chi connectivity index (χ0v) is 20.5. The van der Waals surface area contributed by atoms with E-state index in [9.17, 15) is 18.4 Å². The Morgan fingerprint density at radius 1 is 1.24 bits per heavy atom. The third kappa shape index (κ3) is 5.52. The van der Waals surface area contributed by atoms with Gasteiger partial charge in [-0.15, -0.1) is 0 Å². The van der Waals surface area contributed by atoms with Crippen molar-refractivity contribution in [2.75, 3.05) is 20.8 Å². The average molecular weight is 515 g/mol. The molecular weight excluding hydrogens is 486 g/mol. The normalized spacial score (nSPS) is 18.3. The van der Waals surface area contributed by atoms with Crippen LogP contribution in [0.3, 0.4) is 0 Å². The number of likely N-dealkylation sites (tertiary alicyclic amines) is 1. The number of hydrogen-bond donors (Lipinski definition) is 3. The second kappa shape index (κ2) is 10.5. The van der Waals surface area contributed by atoms with Crippen LogP contribution in [0.25, 0.3) is 5.70 Å². The first-order valence-electron chi connectivity index (χ1n) is 11.7. The molecule has 12 heteroatoms. The molecule has 2 fully saturated rings. The van der Waals surface area contributed by atoms with E-state index in [1.165, 1.54) is 26.4 Å². The smallest absolute Gasteiger partial charge is 0.272 e. The topological polar surface area (TPSA) is 144 Å². The van der Waals surface area contributed by atoms with Crippen LogP contribution < -0.4 is 20.5 Å².